The number of nitrogens with two attached hydrogens (primary N) is 2. The first-order valence-corrected chi connectivity index (χ1v) is 5.19. The molecule has 4 N–H and O–H groups in total. The van der Waals surface area contributed by atoms with Crippen LogP contribution in [0.2, 0.25) is 0 Å². The molecule has 2 rings (SSSR count). The summed E-state index contributed by atoms with van der Waals surface area (Å²) in [7, 11) is 1.57. The van der Waals surface area contributed by atoms with Crippen molar-refractivity contribution in [2.24, 2.45) is 0 Å². The van der Waals surface area contributed by atoms with Gasteiger partial charge in [0.2, 0.25) is 5.95 Å². The van der Waals surface area contributed by atoms with E-state index < -0.39 is 0 Å². The van der Waals surface area contributed by atoms with E-state index in [0.29, 0.717) is 34.8 Å². The molecule has 0 spiro atoms. The molecule has 0 unspecified atom stereocenters. The first-order valence-electron chi connectivity index (χ1n) is 5.19. The van der Waals surface area contributed by atoms with Crippen molar-refractivity contribution in [1.29, 1.82) is 0 Å². The number of methoxy groups -OCH3 is 1. The molecule has 0 atom stereocenters. The van der Waals surface area contributed by atoms with Crippen LogP contribution in [0, 0.1) is 0 Å². The van der Waals surface area contributed by atoms with E-state index in [2.05, 4.69) is 9.97 Å². The van der Waals surface area contributed by atoms with E-state index in [4.69, 9.17) is 20.9 Å². The quantitative estimate of drug-likeness (QED) is 0.828. The van der Waals surface area contributed by atoms with Crippen LogP contribution >= 0.6 is 0 Å². The molecule has 0 amide bonds. The number of ether oxygens (including phenoxy) is 2. The third-order valence-electron chi connectivity index (χ3n) is 2.33. The zero-order valence-electron chi connectivity index (χ0n) is 9.73. The molecule has 2 aromatic rings. The molecule has 0 bridgehead atoms. The highest BCUT2D eigenvalue weighted by Gasteiger charge is 2.10. The molecule has 6 heteroatoms. The van der Waals surface area contributed by atoms with Crippen LogP contribution in [0.4, 0.5) is 11.8 Å². The number of fused-ring (bicyclic) bond motifs is 1. The van der Waals surface area contributed by atoms with Gasteiger partial charge in [0.25, 0.3) is 0 Å². The summed E-state index contributed by atoms with van der Waals surface area (Å²) in [5.41, 5.74) is 12.0. The SMILES string of the molecule is CCOc1cc2c(N)nc(N)nc2cc1OC. The highest BCUT2D eigenvalue weighted by Crippen LogP contribution is 2.33. The van der Waals surface area contributed by atoms with Gasteiger partial charge < -0.3 is 20.9 Å². The van der Waals surface area contributed by atoms with Crippen LogP contribution in [0.15, 0.2) is 12.1 Å². The number of benzene rings is 1. The van der Waals surface area contributed by atoms with E-state index in [0.717, 1.165) is 0 Å². The van der Waals surface area contributed by atoms with Crippen LogP contribution in [0.1, 0.15) is 6.92 Å². The van der Waals surface area contributed by atoms with Crippen molar-refractivity contribution in [2.45, 2.75) is 6.92 Å². The van der Waals surface area contributed by atoms with Crippen molar-refractivity contribution in [3.05, 3.63) is 12.1 Å². The summed E-state index contributed by atoms with van der Waals surface area (Å²) in [5.74, 6) is 1.68. The van der Waals surface area contributed by atoms with E-state index in [1.54, 1.807) is 19.2 Å². The fraction of sp³-hybridized carbons (Fsp3) is 0.273. The normalized spacial score (nSPS) is 10.5. The fourth-order valence-corrected chi connectivity index (χ4v) is 1.61. The van der Waals surface area contributed by atoms with Gasteiger partial charge in [0.1, 0.15) is 5.82 Å². The summed E-state index contributed by atoms with van der Waals surface area (Å²) in [6.07, 6.45) is 0. The minimum Gasteiger partial charge on any atom is -0.493 e. The number of aromatic nitrogens is 2. The number of nitrogens with zero attached hydrogens (tertiary/aromatic N) is 2. The summed E-state index contributed by atoms with van der Waals surface area (Å²) in [4.78, 5) is 8.00. The highest BCUT2D eigenvalue weighted by atomic mass is 16.5. The molecular formula is C11H14N4O2. The highest BCUT2D eigenvalue weighted by molar-refractivity contribution is 5.91. The predicted molar refractivity (Wildman–Crippen MR) is 66.1 cm³/mol. The molecule has 0 aliphatic rings. The van der Waals surface area contributed by atoms with Gasteiger partial charge in [0.05, 0.1) is 19.2 Å². The molecule has 6 nitrogen and oxygen atoms in total. The second-order valence-electron chi connectivity index (χ2n) is 3.42. The second kappa shape index (κ2) is 4.32. The molecule has 0 aliphatic heterocycles. The van der Waals surface area contributed by atoms with Gasteiger partial charge in [-0.2, -0.15) is 4.98 Å². The molecule has 17 heavy (non-hydrogen) atoms. The number of hydrogen-bond acceptors (Lipinski definition) is 6. The monoisotopic (exact) mass is 234 g/mol. The average molecular weight is 234 g/mol. The summed E-state index contributed by atoms with van der Waals surface area (Å²) in [5, 5.41) is 0.698. The lowest BCUT2D eigenvalue weighted by atomic mass is 10.2. The van der Waals surface area contributed by atoms with Crippen molar-refractivity contribution >= 4 is 22.7 Å². The van der Waals surface area contributed by atoms with Crippen LogP contribution in [-0.2, 0) is 0 Å². The number of anilines is 2. The Bertz CT molecular complexity index is 557. The second-order valence-corrected chi connectivity index (χ2v) is 3.42. The Hall–Kier alpha value is -2.24. The van der Waals surface area contributed by atoms with E-state index >= 15 is 0 Å². The van der Waals surface area contributed by atoms with E-state index in [1.165, 1.54) is 0 Å². The molecular weight excluding hydrogens is 220 g/mol. The Labute approximate surface area is 98.6 Å². The minimum absolute atomic E-state index is 0.140. The van der Waals surface area contributed by atoms with Gasteiger partial charge in [-0.3, -0.25) is 0 Å². The van der Waals surface area contributed by atoms with Crippen LogP contribution < -0.4 is 20.9 Å². The zero-order chi connectivity index (χ0) is 12.4. The van der Waals surface area contributed by atoms with E-state index in [9.17, 15) is 0 Å². The van der Waals surface area contributed by atoms with Crippen molar-refractivity contribution in [1.82, 2.24) is 9.97 Å². The average Bonchev–Trinajstić information content (AvgIpc) is 2.29. The summed E-state index contributed by atoms with van der Waals surface area (Å²) < 4.78 is 10.7. The molecule has 1 aromatic heterocycles. The molecule has 0 fully saturated rings. The van der Waals surface area contributed by atoms with Gasteiger partial charge >= 0.3 is 0 Å². The van der Waals surface area contributed by atoms with Crippen molar-refractivity contribution in [3.63, 3.8) is 0 Å². The summed E-state index contributed by atoms with van der Waals surface area (Å²) >= 11 is 0. The molecule has 1 heterocycles. The van der Waals surface area contributed by atoms with E-state index in [1.807, 2.05) is 6.92 Å². The topological polar surface area (TPSA) is 96.3 Å². The Morgan fingerprint density at radius 3 is 2.59 bits per heavy atom. The summed E-state index contributed by atoms with van der Waals surface area (Å²) in [6.45, 7) is 2.43. The van der Waals surface area contributed by atoms with Crippen molar-refractivity contribution < 1.29 is 9.47 Å². The lowest BCUT2D eigenvalue weighted by Gasteiger charge is -2.11. The third kappa shape index (κ3) is 2.01. The van der Waals surface area contributed by atoms with Gasteiger partial charge in [-0.05, 0) is 13.0 Å². The fourth-order valence-electron chi connectivity index (χ4n) is 1.61. The molecule has 1 aromatic carbocycles. The minimum atomic E-state index is 0.140. The number of nitrogen functional groups attached to an aromatic ring is 2. The molecule has 0 radical (unpaired) electrons. The van der Waals surface area contributed by atoms with E-state index in [-0.39, 0.29) is 5.95 Å². The van der Waals surface area contributed by atoms with Gasteiger partial charge in [-0.25, -0.2) is 4.98 Å². The molecule has 90 valence electrons. The van der Waals surface area contributed by atoms with Crippen LogP contribution in [0.5, 0.6) is 11.5 Å². The van der Waals surface area contributed by atoms with Crippen LogP contribution in [-0.4, -0.2) is 23.7 Å². The smallest absolute Gasteiger partial charge is 0.222 e. The molecule has 0 aliphatic carbocycles. The summed E-state index contributed by atoms with van der Waals surface area (Å²) in [6, 6.07) is 3.49. The number of hydrogen-bond donors (Lipinski definition) is 2. The largest absolute Gasteiger partial charge is 0.493 e. The van der Waals surface area contributed by atoms with Gasteiger partial charge in [0.15, 0.2) is 11.5 Å². The van der Waals surface area contributed by atoms with Crippen LogP contribution in [0.3, 0.4) is 0 Å². The predicted octanol–water partition coefficient (Wildman–Crippen LogP) is 1.20. The number of rotatable bonds is 3. The van der Waals surface area contributed by atoms with Gasteiger partial charge in [0, 0.05) is 11.5 Å². The molecule has 0 saturated heterocycles. The Morgan fingerprint density at radius 2 is 1.94 bits per heavy atom. The Morgan fingerprint density at radius 1 is 1.18 bits per heavy atom. The van der Waals surface area contributed by atoms with Gasteiger partial charge in [-0.15, -0.1) is 0 Å². The molecule has 0 saturated carbocycles. The first-order chi connectivity index (χ1) is 8.15. The van der Waals surface area contributed by atoms with Crippen molar-refractivity contribution in [2.75, 3.05) is 25.2 Å². The van der Waals surface area contributed by atoms with Crippen molar-refractivity contribution in [3.8, 4) is 11.5 Å². The maximum Gasteiger partial charge on any atom is 0.222 e. The lowest BCUT2D eigenvalue weighted by molar-refractivity contribution is 0.311. The first kappa shape index (κ1) is 11.3. The zero-order valence-corrected chi connectivity index (χ0v) is 9.73. The third-order valence-corrected chi connectivity index (χ3v) is 2.33. The Kier molecular flexibility index (Phi) is 2.86. The lowest BCUT2D eigenvalue weighted by Crippen LogP contribution is -2.02. The van der Waals surface area contributed by atoms with Gasteiger partial charge in [-0.1, -0.05) is 0 Å². The maximum atomic E-state index is 5.79. The standard InChI is InChI=1S/C11H14N4O2/c1-3-17-9-4-6-7(5-8(9)16-2)14-11(13)15-10(6)12/h4-5H,3H2,1-2H3,(H4,12,13,14,15). The van der Waals surface area contributed by atoms with Crippen LogP contribution in [0.25, 0.3) is 10.9 Å². The maximum absolute atomic E-state index is 5.79. The Balaban J connectivity index is 2.69.